The molecule has 0 saturated heterocycles. The summed E-state index contributed by atoms with van der Waals surface area (Å²) in [6.07, 6.45) is 2.93. The molecule has 0 saturated carbocycles. The van der Waals surface area contributed by atoms with Crippen LogP contribution in [0.25, 0.3) is 0 Å². The van der Waals surface area contributed by atoms with E-state index >= 15 is 0 Å². The summed E-state index contributed by atoms with van der Waals surface area (Å²) in [6, 6.07) is 2.24. The minimum Gasteiger partial charge on any atom is -0.349 e. The fourth-order valence-corrected chi connectivity index (χ4v) is 1.93. The molecule has 0 spiro atoms. The lowest BCUT2D eigenvalue weighted by Crippen LogP contribution is -2.39. The van der Waals surface area contributed by atoms with E-state index in [-0.39, 0.29) is 5.91 Å². The number of nitrogens with one attached hydrogen (secondary N) is 1. The second-order valence-corrected chi connectivity index (χ2v) is 3.75. The van der Waals surface area contributed by atoms with Crippen LogP contribution in [-0.4, -0.2) is 23.6 Å². The van der Waals surface area contributed by atoms with E-state index in [4.69, 9.17) is 5.73 Å². The molecule has 0 radical (unpaired) electrons. The Kier molecular flexibility index (Phi) is 2.29. The molecule has 14 heavy (non-hydrogen) atoms. The molecule has 1 aromatic heterocycles. The van der Waals surface area contributed by atoms with Crippen molar-refractivity contribution in [3.8, 4) is 0 Å². The third kappa shape index (κ3) is 1.42. The molecule has 0 aliphatic carbocycles. The SMILES string of the molecule is Cc1cc2n(c1)C(CCN)CNC2=O. The van der Waals surface area contributed by atoms with Crippen molar-refractivity contribution >= 4 is 5.91 Å². The van der Waals surface area contributed by atoms with Gasteiger partial charge in [-0.25, -0.2) is 0 Å². The van der Waals surface area contributed by atoms with Crippen molar-refractivity contribution in [1.29, 1.82) is 0 Å². The first-order valence-corrected chi connectivity index (χ1v) is 4.89. The number of nitrogens with two attached hydrogens (primary N) is 1. The first-order valence-electron chi connectivity index (χ1n) is 4.89. The van der Waals surface area contributed by atoms with Crippen LogP contribution in [0.5, 0.6) is 0 Å². The zero-order valence-electron chi connectivity index (χ0n) is 8.29. The van der Waals surface area contributed by atoms with E-state index in [1.165, 1.54) is 0 Å². The largest absolute Gasteiger partial charge is 0.349 e. The van der Waals surface area contributed by atoms with Crippen LogP contribution in [0.3, 0.4) is 0 Å². The summed E-state index contributed by atoms with van der Waals surface area (Å²) < 4.78 is 2.04. The molecule has 0 fully saturated rings. The normalized spacial score (nSPS) is 20.4. The van der Waals surface area contributed by atoms with Gasteiger partial charge < -0.3 is 15.6 Å². The molecule has 0 aromatic carbocycles. The molecule has 1 atom stereocenters. The van der Waals surface area contributed by atoms with E-state index in [2.05, 4.69) is 5.32 Å². The second-order valence-electron chi connectivity index (χ2n) is 3.75. The topological polar surface area (TPSA) is 60.0 Å². The first kappa shape index (κ1) is 9.27. The van der Waals surface area contributed by atoms with Crippen LogP contribution < -0.4 is 11.1 Å². The molecule has 2 heterocycles. The average molecular weight is 193 g/mol. The van der Waals surface area contributed by atoms with Gasteiger partial charge in [-0.3, -0.25) is 4.79 Å². The van der Waals surface area contributed by atoms with Crippen LogP contribution in [0.15, 0.2) is 12.3 Å². The van der Waals surface area contributed by atoms with Crippen molar-refractivity contribution in [2.45, 2.75) is 19.4 Å². The van der Waals surface area contributed by atoms with Gasteiger partial charge in [-0.1, -0.05) is 0 Å². The number of nitrogens with zero attached hydrogens (tertiary/aromatic N) is 1. The second kappa shape index (κ2) is 3.46. The quantitative estimate of drug-likeness (QED) is 0.715. The zero-order chi connectivity index (χ0) is 10.1. The molecular formula is C10H15N3O. The predicted octanol–water partition coefficient (Wildman–Crippen LogP) is 0.430. The predicted molar refractivity (Wildman–Crippen MR) is 54.2 cm³/mol. The highest BCUT2D eigenvalue weighted by atomic mass is 16.2. The third-order valence-electron chi connectivity index (χ3n) is 2.61. The third-order valence-corrected chi connectivity index (χ3v) is 2.61. The molecular weight excluding hydrogens is 178 g/mol. The van der Waals surface area contributed by atoms with Gasteiger partial charge in [0.15, 0.2) is 0 Å². The van der Waals surface area contributed by atoms with Gasteiger partial charge in [0.2, 0.25) is 0 Å². The Balaban J connectivity index is 2.36. The van der Waals surface area contributed by atoms with Gasteiger partial charge >= 0.3 is 0 Å². The standard InChI is InChI=1S/C10H15N3O/c1-7-4-9-10(14)12-5-8(2-3-11)13(9)6-7/h4,6,8H,2-3,5,11H2,1H3,(H,12,14). The van der Waals surface area contributed by atoms with E-state index in [1.807, 2.05) is 23.8 Å². The Bertz CT molecular complexity index is 356. The van der Waals surface area contributed by atoms with Gasteiger partial charge in [-0.15, -0.1) is 0 Å². The maximum atomic E-state index is 11.5. The van der Waals surface area contributed by atoms with E-state index in [0.717, 1.165) is 17.7 Å². The van der Waals surface area contributed by atoms with Crippen LogP contribution >= 0.6 is 0 Å². The average Bonchev–Trinajstić information content (AvgIpc) is 2.53. The smallest absolute Gasteiger partial charge is 0.267 e. The summed E-state index contributed by atoms with van der Waals surface area (Å²) >= 11 is 0. The van der Waals surface area contributed by atoms with Crippen molar-refractivity contribution in [3.63, 3.8) is 0 Å². The number of amides is 1. The zero-order valence-corrected chi connectivity index (χ0v) is 8.29. The lowest BCUT2D eigenvalue weighted by Gasteiger charge is -2.25. The monoisotopic (exact) mass is 193 g/mol. The minimum absolute atomic E-state index is 0.0198. The number of carbonyl (C=O) groups excluding carboxylic acids is 1. The number of hydrogen-bond acceptors (Lipinski definition) is 2. The first-order chi connectivity index (χ1) is 6.72. The summed E-state index contributed by atoms with van der Waals surface area (Å²) in [6.45, 7) is 3.34. The summed E-state index contributed by atoms with van der Waals surface area (Å²) in [5.41, 5.74) is 7.41. The van der Waals surface area contributed by atoms with Crippen molar-refractivity contribution in [3.05, 3.63) is 23.5 Å². The highest BCUT2D eigenvalue weighted by Gasteiger charge is 2.23. The number of fused-ring (bicyclic) bond motifs is 1. The Morgan fingerprint density at radius 2 is 2.50 bits per heavy atom. The van der Waals surface area contributed by atoms with Crippen molar-refractivity contribution in [1.82, 2.24) is 9.88 Å². The molecule has 76 valence electrons. The number of aromatic nitrogens is 1. The maximum absolute atomic E-state index is 11.5. The number of aryl methyl sites for hydroxylation is 1. The van der Waals surface area contributed by atoms with Crippen LogP contribution in [0.1, 0.15) is 28.5 Å². The van der Waals surface area contributed by atoms with Gasteiger partial charge in [0, 0.05) is 12.7 Å². The molecule has 4 nitrogen and oxygen atoms in total. The van der Waals surface area contributed by atoms with Gasteiger partial charge in [-0.2, -0.15) is 0 Å². The van der Waals surface area contributed by atoms with Crippen molar-refractivity contribution in [2.24, 2.45) is 5.73 Å². The molecule has 0 bridgehead atoms. The molecule has 1 aliphatic rings. The lowest BCUT2D eigenvalue weighted by atomic mass is 10.1. The molecule has 2 rings (SSSR count). The molecule has 1 amide bonds. The fourth-order valence-electron chi connectivity index (χ4n) is 1.93. The minimum atomic E-state index is 0.0198. The highest BCUT2D eigenvalue weighted by molar-refractivity contribution is 5.93. The van der Waals surface area contributed by atoms with Crippen LogP contribution in [0, 0.1) is 6.92 Å². The van der Waals surface area contributed by atoms with E-state index in [0.29, 0.717) is 19.1 Å². The molecule has 3 N–H and O–H groups in total. The number of hydrogen-bond donors (Lipinski definition) is 2. The van der Waals surface area contributed by atoms with Crippen molar-refractivity contribution in [2.75, 3.05) is 13.1 Å². The lowest BCUT2D eigenvalue weighted by molar-refractivity contribution is 0.0913. The molecule has 1 unspecified atom stereocenters. The van der Waals surface area contributed by atoms with Gasteiger partial charge in [-0.05, 0) is 31.5 Å². The van der Waals surface area contributed by atoms with Gasteiger partial charge in [0.1, 0.15) is 5.69 Å². The summed E-state index contributed by atoms with van der Waals surface area (Å²) in [5.74, 6) is 0.0198. The van der Waals surface area contributed by atoms with Crippen LogP contribution in [0.4, 0.5) is 0 Å². The maximum Gasteiger partial charge on any atom is 0.267 e. The Labute approximate surface area is 83.1 Å². The van der Waals surface area contributed by atoms with Crippen molar-refractivity contribution < 1.29 is 4.79 Å². The number of rotatable bonds is 2. The summed E-state index contributed by atoms with van der Waals surface area (Å²) in [7, 11) is 0. The van der Waals surface area contributed by atoms with Crippen LogP contribution in [0.2, 0.25) is 0 Å². The van der Waals surface area contributed by atoms with Gasteiger partial charge in [0.05, 0.1) is 6.04 Å². The Morgan fingerprint density at radius 1 is 1.71 bits per heavy atom. The highest BCUT2D eigenvalue weighted by Crippen LogP contribution is 2.20. The van der Waals surface area contributed by atoms with E-state index in [9.17, 15) is 4.79 Å². The van der Waals surface area contributed by atoms with Gasteiger partial charge in [0.25, 0.3) is 5.91 Å². The van der Waals surface area contributed by atoms with Crippen LogP contribution in [-0.2, 0) is 0 Å². The molecule has 4 heteroatoms. The Morgan fingerprint density at radius 3 is 3.21 bits per heavy atom. The Hall–Kier alpha value is -1.29. The fraction of sp³-hybridized carbons (Fsp3) is 0.500. The molecule has 1 aliphatic heterocycles. The summed E-state index contributed by atoms with van der Waals surface area (Å²) in [4.78, 5) is 11.5. The van der Waals surface area contributed by atoms with E-state index in [1.54, 1.807) is 0 Å². The van der Waals surface area contributed by atoms with E-state index < -0.39 is 0 Å². The molecule has 1 aromatic rings. The number of carbonyl (C=O) groups is 1. The summed E-state index contributed by atoms with van der Waals surface area (Å²) in [5, 5.41) is 2.87.